The van der Waals surface area contributed by atoms with Crippen molar-refractivity contribution in [2.24, 2.45) is 22.7 Å². The monoisotopic (exact) mass is 604 g/mol. The molecule has 2 aromatic carbocycles. The molecule has 3 saturated carbocycles. The smallest absolute Gasteiger partial charge is 0.312 e. The summed E-state index contributed by atoms with van der Waals surface area (Å²) >= 11 is 7.45. The molecule has 4 aromatic rings. The van der Waals surface area contributed by atoms with Crippen molar-refractivity contribution < 1.29 is 19.0 Å². The quantitative estimate of drug-likeness (QED) is 0.177. The minimum atomic E-state index is -0.283. The summed E-state index contributed by atoms with van der Waals surface area (Å²) in [5.74, 6) is 1.92. The third-order valence-corrected chi connectivity index (χ3v) is 10.9. The van der Waals surface area contributed by atoms with Gasteiger partial charge in [0, 0.05) is 21.4 Å². The second-order valence-electron chi connectivity index (χ2n) is 12.3. The molecule has 218 valence electrons. The fraction of sp³-hybridized carbons (Fsp3) is 0.424. The predicted molar refractivity (Wildman–Crippen MR) is 164 cm³/mol. The molecule has 0 bridgehead atoms. The van der Waals surface area contributed by atoms with E-state index in [1.54, 1.807) is 19.5 Å². The summed E-state index contributed by atoms with van der Waals surface area (Å²) in [6.07, 6.45) is 6.44. The van der Waals surface area contributed by atoms with Gasteiger partial charge in [-0.2, -0.15) is 0 Å². The predicted octanol–water partition coefficient (Wildman–Crippen LogP) is 7.30. The third-order valence-electron chi connectivity index (χ3n) is 9.47. The Morgan fingerprint density at radius 3 is 2.55 bits per heavy atom. The van der Waals surface area contributed by atoms with Crippen LogP contribution in [0.5, 0.6) is 11.5 Å². The van der Waals surface area contributed by atoms with Gasteiger partial charge in [-0.05, 0) is 79.8 Å². The first-order chi connectivity index (χ1) is 20.2. The number of fused-ring (bicyclic) bond motifs is 1. The van der Waals surface area contributed by atoms with Gasteiger partial charge in [0.1, 0.15) is 17.1 Å². The van der Waals surface area contributed by atoms with Gasteiger partial charge in [0.2, 0.25) is 0 Å². The number of methoxy groups -OCH3 is 1. The van der Waals surface area contributed by atoms with Gasteiger partial charge in [-0.25, -0.2) is 4.98 Å². The molecular formula is C33H33ClN2O5S. The molecule has 0 saturated heterocycles. The molecule has 3 fully saturated rings. The highest BCUT2D eigenvalue weighted by molar-refractivity contribution is 7.22. The number of halogens is 1. The number of hydrogen-bond donors (Lipinski definition) is 0. The first-order valence-corrected chi connectivity index (χ1v) is 15.7. The third kappa shape index (κ3) is 4.69. The van der Waals surface area contributed by atoms with Crippen LogP contribution in [0.15, 0.2) is 59.7 Å². The first-order valence-electron chi connectivity index (χ1n) is 14.5. The molecule has 2 heterocycles. The maximum atomic E-state index is 13.5. The van der Waals surface area contributed by atoms with Crippen LogP contribution in [0, 0.1) is 22.7 Å². The van der Waals surface area contributed by atoms with E-state index in [-0.39, 0.29) is 28.5 Å². The molecular weight excluding hydrogens is 572 g/mol. The molecule has 0 N–H and O–H groups in total. The number of aromatic nitrogens is 2. The lowest BCUT2D eigenvalue weighted by Gasteiger charge is -2.22. The number of benzene rings is 2. The SMILES string of the molecule is COc1cc(-n2cnc3cc(-c4ccc(Cl)cc4)sc3c2=O)ccc1OCC1(C2CC2)CC1OC(=O)C1(C(C)C)CC1. The number of carbonyl (C=O) groups is 1. The largest absolute Gasteiger partial charge is 0.493 e. The molecule has 2 unspecified atom stereocenters. The van der Waals surface area contributed by atoms with E-state index in [2.05, 4.69) is 18.8 Å². The Kier molecular flexibility index (Phi) is 6.62. The molecule has 0 spiro atoms. The average Bonchev–Trinajstić information content (AvgIpc) is 3.88. The normalized spacial score (nSPS) is 22.3. The lowest BCUT2D eigenvalue weighted by molar-refractivity contribution is -0.155. The van der Waals surface area contributed by atoms with Crippen LogP contribution >= 0.6 is 22.9 Å². The fourth-order valence-electron chi connectivity index (χ4n) is 6.19. The Hall–Kier alpha value is -3.36. The summed E-state index contributed by atoms with van der Waals surface area (Å²) in [4.78, 5) is 32.0. The van der Waals surface area contributed by atoms with Crippen LogP contribution in [0.3, 0.4) is 0 Å². The van der Waals surface area contributed by atoms with Crippen LogP contribution in [0.1, 0.15) is 46.0 Å². The first kappa shape index (κ1) is 27.5. The second-order valence-corrected chi connectivity index (χ2v) is 13.8. The molecule has 3 aliphatic rings. The van der Waals surface area contributed by atoms with E-state index in [4.69, 9.17) is 25.8 Å². The van der Waals surface area contributed by atoms with E-state index < -0.39 is 0 Å². The number of thiophene rings is 1. The van der Waals surface area contributed by atoms with Crippen molar-refractivity contribution in [3.63, 3.8) is 0 Å². The second kappa shape index (κ2) is 10.1. The zero-order valence-corrected chi connectivity index (χ0v) is 25.5. The summed E-state index contributed by atoms with van der Waals surface area (Å²) in [5.41, 5.74) is 1.72. The van der Waals surface area contributed by atoms with Crippen LogP contribution < -0.4 is 15.0 Å². The van der Waals surface area contributed by atoms with E-state index in [9.17, 15) is 9.59 Å². The van der Waals surface area contributed by atoms with Gasteiger partial charge in [-0.15, -0.1) is 11.3 Å². The number of carbonyl (C=O) groups excluding carboxylic acids is 1. The van der Waals surface area contributed by atoms with Gasteiger partial charge >= 0.3 is 5.97 Å². The van der Waals surface area contributed by atoms with E-state index >= 15 is 0 Å². The summed E-state index contributed by atoms with van der Waals surface area (Å²) in [6.45, 7) is 4.68. The van der Waals surface area contributed by atoms with Crippen LogP contribution in [-0.2, 0) is 9.53 Å². The van der Waals surface area contributed by atoms with Gasteiger partial charge in [-0.3, -0.25) is 14.2 Å². The van der Waals surface area contributed by atoms with Gasteiger partial charge in [0.25, 0.3) is 5.56 Å². The number of rotatable bonds is 10. The fourth-order valence-corrected chi connectivity index (χ4v) is 7.36. The zero-order chi connectivity index (χ0) is 29.2. The minimum absolute atomic E-state index is 0.0333. The number of hydrogen-bond acceptors (Lipinski definition) is 7. The van der Waals surface area contributed by atoms with Crippen molar-refractivity contribution in [3.05, 3.63) is 70.2 Å². The molecule has 7 rings (SSSR count). The lowest BCUT2D eigenvalue weighted by Crippen LogP contribution is -2.29. The molecule has 3 aliphatic carbocycles. The van der Waals surface area contributed by atoms with Crippen molar-refractivity contribution in [2.45, 2.75) is 52.1 Å². The number of nitrogens with zero attached hydrogens (tertiary/aromatic N) is 2. The summed E-state index contributed by atoms with van der Waals surface area (Å²) in [7, 11) is 1.59. The van der Waals surface area contributed by atoms with E-state index in [0.29, 0.717) is 50.9 Å². The highest BCUT2D eigenvalue weighted by Gasteiger charge is 2.67. The highest BCUT2D eigenvalue weighted by Crippen LogP contribution is 2.64. The van der Waals surface area contributed by atoms with Gasteiger partial charge in [0.05, 0.1) is 30.3 Å². The van der Waals surface area contributed by atoms with E-state index in [1.807, 2.05) is 42.5 Å². The Balaban J connectivity index is 1.09. The van der Waals surface area contributed by atoms with Crippen LogP contribution in [0.2, 0.25) is 5.02 Å². The van der Waals surface area contributed by atoms with Gasteiger partial charge in [0.15, 0.2) is 11.5 Å². The highest BCUT2D eigenvalue weighted by atomic mass is 35.5. The molecule has 2 atom stereocenters. The van der Waals surface area contributed by atoms with Gasteiger partial charge in [-0.1, -0.05) is 37.6 Å². The Morgan fingerprint density at radius 1 is 1.12 bits per heavy atom. The van der Waals surface area contributed by atoms with Crippen LogP contribution in [0.4, 0.5) is 0 Å². The topological polar surface area (TPSA) is 79.7 Å². The standard InChI is InChI=1S/C33H33ClN2O5S/c1-19(2)32(12-13-32)31(38)41-28-16-33(28,21-6-7-21)17-40-25-11-10-23(14-26(25)39-3)36-18-35-24-15-27(42-29(24)30(36)37)20-4-8-22(34)9-5-20/h4-5,8-11,14-15,18-19,21,28H,6-7,12-13,16-17H2,1-3H3. The van der Waals surface area contributed by atoms with Crippen molar-refractivity contribution in [1.82, 2.24) is 9.55 Å². The number of ether oxygens (including phenoxy) is 3. The van der Waals surface area contributed by atoms with Crippen molar-refractivity contribution in [3.8, 4) is 27.6 Å². The Labute approximate surface area is 253 Å². The van der Waals surface area contributed by atoms with Crippen LogP contribution in [0.25, 0.3) is 26.3 Å². The molecule has 0 aliphatic heterocycles. The Bertz CT molecular complexity index is 1740. The molecule has 0 radical (unpaired) electrons. The number of esters is 1. The maximum absolute atomic E-state index is 13.5. The minimum Gasteiger partial charge on any atom is -0.493 e. The van der Waals surface area contributed by atoms with E-state index in [0.717, 1.165) is 42.5 Å². The van der Waals surface area contributed by atoms with Gasteiger partial charge < -0.3 is 14.2 Å². The molecule has 9 heteroatoms. The van der Waals surface area contributed by atoms with Crippen molar-refractivity contribution in [2.75, 3.05) is 13.7 Å². The molecule has 0 amide bonds. The summed E-state index contributed by atoms with van der Waals surface area (Å²) in [6, 6.07) is 14.9. The Morgan fingerprint density at radius 2 is 1.88 bits per heavy atom. The molecule has 7 nitrogen and oxygen atoms in total. The molecule has 42 heavy (non-hydrogen) atoms. The van der Waals surface area contributed by atoms with Crippen molar-refractivity contribution in [1.29, 1.82) is 0 Å². The summed E-state index contributed by atoms with van der Waals surface area (Å²) in [5, 5.41) is 0.665. The zero-order valence-electron chi connectivity index (χ0n) is 23.9. The van der Waals surface area contributed by atoms with E-state index in [1.165, 1.54) is 15.9 Å². The molecule has 2 aromatic heterocycles. The van der Waals surface area contributed by atoms with Crippen LogP contribution in [-0.4, -0.2) is 35.3 Å². The maximum Gasteiger partial charge on any atom is 0.312 e. The lowest BCUT2D eigenvalue weighted by atomic mass is 9.92. The average molecular weight is 605 g/mol. The van der Waals surface area contributed by atoms with Crippen molar-refractivity contribution >= 4 is 39.1 Å². The summed E-state index contributed by atoms with van der Waals surface area (Å²) < 4.78 is 20.2.